The molecule has 2 amide bonds. The van der Waals surface area contributed by atoms with Crippen LogP contribution in [-0.2, 0) is 16.1 Å². The van der Waals surface area contributed by atoms with E-state index >= 15 is 0 Å². The van der Waals surface area contributed by atoms with Crippen molar-refractivity contribution in [1.29, 1.82) is 0 Å². The molecule has 1 aromatic heterocycles. The Hall–Kier alpha value is -2.09. The van der Waals surface area contributed by atoms with E-state index in [0.717, 1.165) is 9.80 Å². The number of nitrogens with one attached hydrogen (secondary N) is 1. The Labute approximate surface area is 113 Å². The number of rotatable bonds is 4. The Kier molecular flexibility index (Phi) is 4.00. The van der Waals surface area contributed by atoms with Crippen LogP contribution in [0.1, 0.15) is 5.69 Å². The van der Waals surface area contributed by atoms with Crippen LogP contribution in [0.15, 0.2) is 17.0 Å². The standard InChI is InChI=1S/C11H11N3O4S/c15-4-3-14(11(17)18)5-7-1-2-8-10(12-7)13-9(16)6-19-8/h1-2,4H,3,5-6H2,(H,17,18)(H,12,13,16). The lowest BCUT2D eigenvalue weighted by atomic mass is 10.3. The number of thioether (sulfide) groups is 1. The minimum atomic E-state index is -1.19. The maximum Gasteiger partial charge on any atom is 0.408 e. The van der Waals surface area contributed by atoms with Gasteiger partial charge in [-0.25, -0.2) is 9.78 Å². The number of anilines is 1. The van der Waals surface area contributed by atoms with Crippen molar-refractivity contribution in [1.82, 2.24) is 9.88 Å². The topological polar surface area (TPSA) is 99.6 Å². The Morgan fingerprint density at radius 3 is 3.05 bits per heavy atom. The van der Waals surface area contributed by atoms with Crippen LogP contribution in [0.25, 0.3) is 0 Å². The van der Waals surface area contributed by atoms with Gasteiger partial charge in [-0.2, -0.15) is 0 Å². The molecule has 0 aliphatic carbocycles. The fourth-order valence-electron chi connectivity index (χ4n) is 1.59. The number of pyridine rings is 1. The number of hydrogen-bond donors (Lipinski definition) is 2. The monoisotopic (exact) mass is 281 g/mol. The lowest BCUT2D eigenvalue weighted by Gasteiger charge is -2.19. The molecule has 100 valence electrons. The van der Waals surface area contributed by atoms with Gasteiger partial charge in [-0.3, -0.25) is 9.69 Å². The number of aldehydes is 1. The van der Waals surface area contributed by atoms with E-state index in [1.54, 1.807) is 12.1 Å². The van der Waals surface area contributed by atoms with Crippen molar-refractivity contribution >= 4 is 35.9 Å². The van der Waals surface area contributed by atoms with E-state index in [-0.39, 0.29) is 19.0 Å². The van der Waals surface area contributed by atoms with E-state index in [0.29, 0.717) is 23.6 Å². The lowest BCUT2D eigenvalue weighted by Crippen LogP contribution is -2.31. The zero-order valence-corrected chi connectivity index (χ0v) is 10.6. The fourth-order valence-corrected chi connectivity index (χ4v) is 2.34. The maximum absolute atomic E-state index is 11.2. The van der Waals surface area contributed by atoms with Gasteiger partial charge in [0.1, 0.15) is 12.1 Å². The minimum absolute atomic E-state index is 0.00188. The molecule has 0 bridgehead atoms. The van der Waals surface area contributed by atoms with E-state index in [1.165, 1.54) is 11.8 Å². The summed E-state index contributed by atoms with van der Waals surface area (Å²) in [5.74, 6) is 0.653. The molecule has 1 aromatic rings. The zero-order chi connectivity index (χ0) is 13.8. The van der Waals surface area contributed by atoms with Crippen LogP contribution in [0.2, 0.25) is 0 Å². The van der Waals surface area contributed by atoms with Crippen LogP contribution in [0.4, 0.5) is 10.6 Å². The Morgan fingerprint density at radius 2 is 2.37 bits per heavy atom. The third-order valence-electron chi connectivity index (χ3n) is 2.45. The van der Waals surface area contributed by atoms with Gasteiger partial charge in [-0.05, 0) is 12.1 Å². The van der Waals surface area contributed by atoms with Gasteiger partial charge in [0.2, 0.25) is 5.91 Å². The highest BCUT2D eigenvalue weighted by atomic mass is 32.2. The summed E-state index contributed by atoms with van der Waals surface area (Å²) in [6, 6.07) is 3.47. The fraction of sp³-hybridized carbons (Fsp3) is 0.273. The summed E-state index contributed by atoms with van der Waals surface area (Å²) in [5, 5.41) is 11.5. The number of hydrogen-bond acceptors (Lipinski definition) is 5. The summed E-state index contributed by atoms with van der Waals surface area (Å²) in [6.45, 7) is -0.211. The molecule has 1 aliphatic heterocycles. The second-order valence-electron chi connectivity index (χ2n) is 3.82. The molecule has 7 nitrogen and oxygen atoms in total. The molecule has 2 heterocycles. The Bertz CT molecular complexity index is 535. The second kappa shape index (κ2) is 5.70. The molecule has 0 saturated carbocycles. The third kappa shape index (κ3) is 3.22. The smallest absolute Gasteiger partial charge is 0.408 e. The first-order valence-corrected chi connectivity index (χ1v) is 6.43. The minimum Gasteiger partial charge on any atom is -0.465 e. The average Bonchev–Trinajstić information content (AvgIpc) is 2.37. The number of carboxylic acid groups (broad SMARTS) is 1. The molecular weight excluding hydrogens is 270 g/mol. The van der Waals surface area contributed by atoms with Crippen LogP contribution in [0.5, 0.6) is 0 Å². The summed E-state index contributed by atoms with van der Waals surface area (Å²) in [4.78, 5) is 38.5. The predicted molar refractivity (Wildman–Crippen MR) is 68.1 cm³/mol. The molecule has 1 aliphatic rings. The molecule has 0 atom stereocenters. The summed E-state index contributed by atoms with van der Waals surface area (Å²) >= 11 is 1.38. The van der Waals surface area contributed by atoms with Gasteiger partial charge in [0.25, 0.3) is 0 Å². The molecule has 0 aromatic carbocycles. The average molecular weight is 281 g/mol. The highest BCUT2D eigenvalue weighted by Crippen LogP contribution is 2.29. The Morgan fingerprint density at radius 1 is 1.58 bits per heavy atom. The van der Waals surface area contributed by atoms with E-state index < -0.39 is 6.09 Å². The summed E-state index contributed by atoms with van der Waals surface area (Å²) in [5.41, 5.74) is 0.478. The normalized spacial score (nSPS) is 13.4. The van der Waals surface area contributed by atoms with Crippen molar-refractivity contribution in [3.8, 4) is 0 Å². The number of carbonyl (C=O) groups is 3. The largest absolute Gasteiger partial charge is 0.465 e. The van der Waals surface area contributed by atoms with E-state index in [4.69, 9.17) is 5.11 Å². The molecule has 0 spiro atoms. The van der Waals surface area contributed by atoms with Crippen LogP contribution in [0.3, 0.4) is 0 Å². The SMILES string of the molecule is O=CCN(Cc1ccc2c(n1)NC(=O)CS2)C(=O)O. The van der Waals surface area contributed by atoms with Gasteiger partial charge in [0.15, 0.2) is 0 Å². The van der Waals surface area contributed by atoms with E-state index in [2.05, 4.69) is 10.3 Å². The molecule has 0 unspecified atom stereocenters. The van der Waals surface area contributed by atoms with Gasteiger partial charge >= 0.3 is 6.09 Å². The van der Waals surface area contributed by atoms with Gasteiger partial charge < -0.3 is 15.2 Å². The highest BCUT2D eigenvalue weighted by molar-refractivity contribution is 8.00. The molecule has 0 fully saturated rings. The lowest BCUT2D eigenvalue weighted by molar-refractivity contribution is -0.114. The second-order valence-corrected chi connectivity index (χ2v) is 4.83. The van der Waals surface area contributed by atoms with E-state index in [1.807, 2.05) is 0 Å². The van der Waals surface area contributed by atoms with Gasteiger partial charge in [-0.1, -0.05) is 0 Å². The number of aromatic nitrogens is 1. The molecule has 2 N–H and O–H groups in total. The number of carbonyl (C=O) groups excluding carboxylic acids is 2. The van der Waals surface area contributed by atoms with Gasteiger partial charge in [0, 0.05) is 0 Å². The summed E-state index contributed by atoms with van der Waals surface area (Å²) in [6.07, 6.45) is -0.672. The first kappa shape index (κ1) is 13.3. The first-order chi connectivity index (χ1) is 9.10. The van der Waals surface area contributed by atoms with Gasteiger partial charge in [0.05, 0.1) is 29.4 Å². The van der Waals surface area contributed by atoms with Crippen molar-refractivity contribution in [2.75, 3.05) is 17.6 Å². The van der Waals surface area contributed by atoms with Crippen LogP contribution < -0.4 is 5.32 Å². The highest BCUT2D eigenvalue weighted by Gasteiger charge is 2.18. The molecule has 8 heteroatoms. The van der Waals surface area contributed by atoms with Crippen molar-refractivity contribution < 1.29 is 19.5 Å². The van der Waals surface area contributed by atoms with Crippen molar-refractivity contribution in [2.45, 2.75) is 11.4 Å². The van der Waals surface area contributed by atoms with Crippen LogP contribution >= 0.6 is 11.8 Å². The van der Waals surface area contributed by atoms with E-state index in [9.17, 15) is 14.4 Å². The molecular formula is C11H11N3O4S. The number of fused-ring (bicyclic) bond motifs is 1. The maximum atomic E-state index is 11.2. The molecule has 19 heavy (non-hydrogen) atoms. The van der Waals surface area contributed by atoms with Gasteiger partial charge in [-0.15, -0.1) is 11.8 Å². The van der Waals surface area contributed by atoms with Crippen molar-refractivity contribution in [2.24, 2.45) is 0 Å². The predicted octanol–water partition coefficient (Wildman–Crippen LogP) is 0.805. The molecule has 0 radical (unpaired) electrons. The quantitative estimate of drug-likeness (QED) is 0.792. The summed E-state index contributed by atoms with van der Waals surface area (Å²) in [7, 11) is 0. The van der Waals surface area contributed by atoms with Crippen molar-refractivity contribution in [3.63, 3.8) is 0 Å². The zero-order valence-electron chi connectivity index (χ0n) is 9.83. The van der Waals surface area contributed by atoms with Crippen LogP contribution in [-0.4, -0.2) is 45.6 Å². The summed E-state index contributed by atoms with van der Waals surface area (Å²) < 4.78 is 0. The number of nitrogens with zero attached hydrogens (tertiary/aromatic N) is 2. The van der Waals surface area contributed by atoms with Crippen LogP contribution in [0, 0.1) is 0 Å². The first-order valence-electron chi connectivity index (χ1n) is 5.44. The third-order valence-corrected chi connectivity index (χ3v) is 3.50. The molecule has 2 rings (SSSR count). The Balaban J connectivity index is 2.17. The van der Waals surface area contributed by atoms with Crippen molar-refractivity contribution in [3.05, 3.63) is 17.8 Å². The molecule has 0 saturated heterocycles. The number of amides is 2.